The first kappa shape index (κ1) is 16.8. The number of amides is 1. The molecule has 2 aromatic rings. The Morgan fingerprint density at radius 1 is 1.42 bits per heavy atom. The Kier molecular flexibility index (Phi) is 5.06. The van der Waals surface area contributed by atoms with Gasteiger partial charge in [0.15, 0.2) is 5.13 Å². The highest BCUT2D eigenvalue weighted by Crippen LogP contribution is 2.26. The third kappa shape index (κ3) is 4.07. The molecule has 1 fully saturated rings. The van der Waals surface area contributed by atoms with Gasteiger partial charge in [-0.2, -0.15) is 5.10 Å². The molecule has 8 heteroatoms. The molecule has 7 nitrogen and oxygen atoms in total. The summed E-state index contributed by atoms with van der Waals surface area (Å²) in [6.07, 6.45) is 2.47. The minimum atomic E-state index is -0.377. The first-order valence-electron chi connectivity index (χ1n) is 8.07. The summed E-state index contributed by atoms with van der Waals surface area (Å²) >= 11 is 1.50. The van der Waals surface area contributed by atoms with Gasteiger partial charge in [0, 0.05) is 17.5 Å². The van der Waals surface area contributed by atoms with Crippen molar-refractivity contribution in [2.45, 2.75) is 33.2 Å². The van der Waals surface area contributed by atoms with Crippen LogP contribution in [-0.2, 0) is 6.54 Å². The van der Waals surface area contributed by atoms with Gasteiger partial charge < -0.3 is 0 Å². The molecule has 0 spiro atoms. The fourth-order valence-corrected chi connectivity index (χ4v) is 3.68. The van der Waals surface area contributed by atoms with Crippen molar-refractivity contribution >= 4 is 22.4 Å². The van der Waals surface area contributed by atoms with E-state index in [2.05, 4.69) is 32.3 Å². The molecule has 128 valence electrons. The molecule has 1 amide bonds. The van der Waals surface area contributed by atoms with Crippen molar-refractivity contribution < 1.29 is 4.79 Å². The average molecular weight is 347 g/mol. The zero-order valence-electron chi connectivity index (χ0n) is 13.8. The molecular formula is C16H21N5O2S. The number of carbonyl (C=O) groups excluding carboxylic acids is 1. The van der Waals surface area contributed by atoms with Crippen molar-refractivity contribution in [1.82, 2.24) is 20.1 Å². The van der Waals surface area contributed by atoms with Crippen LogP contribution in [0.3, 0.4) is 0 Å². The standard InChI is InChI=1S/C16H21N5O2S/c1-10-5-7-21(8-6-10)9-13-11(2)17-16(24-13)18-15(23)12-3-4-14(22)20-19-12/h3-4,10H,5-9H2,1-2H3,(H,20,22)(H,17,18,23). The van der Waals surface area contributed by atoms with Crippen molar-refractivity contribution in [3.63, 3.8) is 0 Å². The SMILES string of the molecule is Cc1nc(NC(=O)c2ccc(=O)[nH]n2)sc1CN1CCC(C)CC1. The van der Waals surface area contributed by atoms with Gasteiger partial charge in [-0.25, -0.2) is 10.1 Å². The van der Waals surface area contributed by atoms with Crippen molar-refractivity contribution in [3.05, 3.63) is 38.8 Å². The Bertz CT molecular complexity index is 757. The summed E-state index contributed by atoms with van der Waals surface area (Å²) in [4.78, 5) is 31.2. The number of H-pyrrole nitrogens is 1. The van der Waals surface area contributed by atoms with Gasteiger partial charge in [-0.1, -0.05) is 6.92 Å². The zero-order valence-corrected chi connectivity index (χ0v) is 14.7. The summed E-state index contributed by atoms with van der Waals surface area (Å²) in [7, 11) is 0. The molecule has 1 aliphatic rings. The molecule has 0 atom stereocenters. The molecule has 0 aromatic carbocycles. The van der Waals surface area contributed by atoms with E-state index in [0.717, 1.165) is 31.2 Å². The highest BCUT2D eigenvalue weighted by Gasteiger charge is 2.19. The maximum atomic E-state index is 12.1. The topological polar surface area (TPSA) is 91.0 Å². The number of aromatic nitrogens is 3. The Morgan fingerprint density at radius 2 is 2.17 bits per heavy atom. The number of likely N-dealkylation sites (tertiary alicyclic amines) is 1. The quantitative estimate of drug-likeness (QED) is 0.883. The number of aryl methyl sites for hydroxylation is 1. The lowest BCUT2D eigenvalue weighted by atomic mass is 9.99. The van der Waals surface area contributed by atoms with Gasteiger partial charge in [0.2, 0.25) is 0 Å². The van der Waals surface area contributed by atoms with Crippen molar-refractivity contribution in [1.29, 1.82) is 0 Å². The lowest BCUT2D eigenvalue weighted by Crippen LogP contribution is -2.32. The number of piperidine rings is 1. The van der Waals surface area contributed by atoms with Gasteiger partial charge in [-0.3, -0.25) is 19.8 Å². The van der Waals surface area contributed by atoms with E-state index in [4.69, 9.17) is 0 Å². The summed E-state index contributed by atoms with van der Waals surface area (Å²) in [5.41, 5.74) is 0.771. The minimum Gasteiger partial charge on any atom is -0.298 e. The smallest absolute Gasteiger partial charge is 0.277 e. The molecule has 24 heavy (non-hydrogen) atoms. The summed E-state index contributed by atoms with van der Waals surface area (Å²) in [5.74, 6) is 0.432. The van der Waals surface area contributed by atoms with Crippen molar-refractivity contribution in [2.24, 2.45) is 5.92 Å². The lowest BCUT2D eigenvalue weighted by molar-refractivity contribution is 0.102. The van der Waals surface area contributed by atoms with Crippen LogP contribution in [0.2, 0.25) is 0 Å². The Hall–Kier alpha value is -2.06. The van der Waals surface area contributed by atoms with E-state index in [1.807, 2.05) is 6.92 Å². The third-order valence-corrected chi connectivity index (χ3v) is 5.33. The van der Waals surface area contributed by atoms with Gasteiger partial charge in [0.1, 0.15) is 5.69 Å². The third-order valence-electron chi connectivity index (χ3n) is 4.27. The molecule has 3 rings (SSSR count). The van der Waals surface area contributed by atoms with Gasteiger partial charge in [0.25, 0.3) is 11.5 Å². The van der Waals surface area contributed by atoms with E-state index in [9.17, 15) is 9.59 Å². The fourth-order valence-electron chi connectivity index (χ4n) is 2.68. The Morgan fingerprint density at radius 3 is 2.83 bits per heavy atom. The molecule has 3 heterocycles. The molecule has 0 aliphatic carbocycles. The summed E-state index contributed by atoms with van der Waals surface area (Å²) in [6.45, 7) is 7.37. The second-order valence-corrected chi connectivity index (χ2v) is 7.33. The molecule has 0 radical (unpaired) electrons. The van der Waals surface area contributed by atoms with Crippen LogP contribution in [-0.4, -0.2) is 39.1 Å². The van der Waals surface area contributed by atoms with Gasteiger partial charge >= 0.3 is 0 Å². The number of nitrogens with zero attached hydrogens (tertiary/aromatic N) is 3. The number of anilines is 1. The molecule has 2 N–H and O–H groups in total. The van der Waals surface area contributed by atoms with Crippen molar-refractivity contribution in [3.8, 4) is 0 Å². The predicted molar refractivity (Wildman–Crippen MR) is 93.3 cm³/mol. The number of nitrogens with one attached hydrogen (secondary N) is 2. The van der Waals surface area contributed by atoms with E-state index in [-0.39, 0.29) is 17.2 Å². The second-order valence-electron chi connectivity index (χ2n) is 6.25. The second kappa shape index (κ2) is 7.23. The van der Waals surface area contributed by atoms with Crippen LogP contribution in [0.25, 0.3) is 0 Å². The summed E-state index contributed by atoms with van der Waals surface area (Å²) in [6, 6.07) is 2.67. The van der Waals surface area contributed by atoms with Crippen LogP contribution in [0.15, 0.2) is 16.9 Å². The van der Waals surface area contributed by atoms with E-state index in [1.165, 1.54) is 41.2 Å². The molecule has 0 saturated carbocycles. The molecule has 0 unspecified atom stereocenters. The zero-order chi connectivity index (χ0) is 17.1. The summed E-state index contributed by atoms with van der Waals surface area (Å²) in [5, 5.41) is 9.28. The molecular weight excluding hydrogens is 326 g/mol. The number of rotatable bonds is 4. The van der Waals surface area contributed by atoms with Gasteiger partial charge in [-0.15, -0.1) is 11.3 Å². The van der Waals surface area contributed by atoms with E-state index >= 15 is 0 Å². The van der Waals surface area contributed by atoms with E-state index in [0.29, 0.717) is 5.13 Å². The first-order chi connectivity index (χ1) is 11.5. The van der Waals surface area contributed by atoms with Gasteiger partial charge in [-0.05, 0) is 44.8 Å². The van der Waals surface area contributed by atoms with Crippen molar-refractivity contribution in [2.75, 3.05) is 18.4 Å². The van der Waals surface area contributed by atoms with Gasteiger partial charge in [0.05, 0.1) is 5.69 Å². The van der Waals surface area contributed by atoms with Crippen LogP contribution >= 0.6 is 11.3 Å². The monoisotopic (exact) mass is 347 g/mol. The van der Waals surface area contributed by atoms with E-state index < -0.39 is 0 Å². The average Bonchev–Trinajstić information content (AvgIpc) is 2.89. The number of hydrogen-bond donors (Lipinski definition) is 2. The molecule has 0 bridgehead atoms. The van der Waals surface area contributed by atoms with Crippen LogP contribution < -0.4 is 10.9 Å². The van der Waals surface area contributed by atoms with E-state index in [1.54, 1.807) is 0 Å². The lowest BCUT2D eigenvalue weighted by Gasteiger charge is -2.29. The number of aromatic amines is 1. The summed E-state index contributed by atoms with van der Waals surface area (Å²) < 4.78 is 0. The van der Waals surface area contributed by atoms with Crippen LogP contribution in [0.4, 0.5) is 5.13 Å². The van der Waals surface area contributed by atoms with Crippen LogP contribution in [0.5, 0.6) is 0 Å². The Labute approximate surface area is 144 Å². The highest BCUT2D eigenvalue weighted by molar-refractivity contribution is 7.15. The maximum Gasteiger partial charge on any atom is 0.277 e. The Balaban J connectivity index is 1.64. The molecule has 2 aromatic heterocycles. The fraction of sp³-hybridized carbons (Fsp3) is 0.500. The predicted octanol–water partition coefficient (Wildman–Crippen LogP) is 2.02. The number of hydrogen-bond acceptors (Lipinski definition) is 6. The normalized spacial score (nSPS) is 16.2. The minimum absolute atomic E-state index is 0.161. The number of carbonyl (C=O) groups is 1. The van der Waals surface area contributed by atoms with Crippen LogP contribution in [0.1, 0.15) is 40.8 Å². The van der Waals surface area contributed by atoms with Crippen LogP contribution in [0, 0.1) is 12.8 Å². The largest absolute Gasteiger partial charge is 0.298 e. The number of thiazole rings is 1. The first-order valence-corrected chi connectivity index (χ1v) is 8.88. The molecule has 1 aliphatic heterocycles. The highest BCUT2D eigenvalue weighted by atomic mass is 32.1. The molecule has 1 saturated heterocycles. The maximum absolute atomic E-state index is 12.1.